The highest BCUT2D eigenvalue weighted by Crippen LogP contribution is 2.48. The fourth-order valence-electron chi connectivity index (χ4n) is 10.3. The highest BCUT2D eigenvalue weighted by Gasteiger charge is 2.34. The van der Waals surface area contributed by atoms with Gasteiger partial charge in [0, 0.05) is 32.6 Å². The van der Waals surface area contributed by atoms with Crippen molar-refractivity contribution in [1.29, 1.82) is 0 Å². The molecule has 0 N–H and O–H groups in total. The third-order valence-corrected chi connectivity index (χ3v) is 13.7. The second kappa shape index (κ2) is 17.5. The van der Waals surface area contributed by atoms with Crippen LogP contribution in [0.5, 0.6) is 0 Å². The van der Waals surface area contributed by atoms with E-state index in [1.807, 2.05) is 6.07 Å². The predicted molar refractivity (Wildman–Crippen MR) is 289 cm³/mol. The smallest absolute Gasteiger partial charge is 0.136 e. The van der Waals surface area contributed by atoms with Gasteiger partial charge < -0.3 is 8.98 Å². The maximum absolute atomic E-state index is 6.31. The fraction of sp³-hybridized carbons (Fsp3) is 0.0909. The molecule has 2 aromatic heterocycles. The van der Waals surface area contributed by atoms with Crippen molar-refractivity contribution in [3.8, 4) is 50.2 Å². The van der Waals surface area contributed by atoms with Crippen LogP contribution in [0.2, 0.25) is 0 Å². The summed E-state index contributed by atoms with van der Waals surface area (Å²) in [6, 6.07) is 82.3. The molecule has 2 heterocycles. The first kappa shape index (κ1) is 42.4. The van der Waals surface area contributed by atoms with E-state index in [0.717, 1.165) is 16.6 Å². The molecule has 0 bridgehead atoms. The van der Waals surface area contributed by atoms with Crippen molar-refractivity contribution in [3.63, 3.8) is 0 Å². The lowest BCUT2D eigenvalue weighted by Crippen LogP contribution is -2.14. The van der Waals surface area contributed by atoms with Crippen LogP contribution in [0, 0.1) is 20.8 Å². The molecule has 0 atom stereocenters. The maximum Gasteiger partial charge on any atom is 0.136 e. The Hall–Kier alpha value is -8.20. The van der Waals surface area contributed by atoms with Crippen LogP contribution in [-0.4, -0.2) is 4.57 Å². The third-order valence-electron chi connectivity index (χ3n) is 13.7. The lowest BCUT2D eigenvalue weighted by atomic mass is 9.82. The zero-order valence-electron chi connectivity index (χ0n) is 39.3. The normalized spacial score (nSPS) is 12.3. The van der Waals surface area contributed by atoms with Crippen molar-refractivity contribution in [3.05, 3.63) is 258 Å². The molecular weight excluding hydrogens is 823 g/mol. The van der Waals surface area contributed by atoms with Gasteiger partial charge in [0.05, 0.1) is 11.0 Å². The minimum atomic E-state index is 0.151. The molecule has 0 fully saturated rings. The van der Waals surface area contributed by atoms with Crippen molar-refractivity contribution in [2.75, 3.05) is 0 Å². The van der Waals surface area contributed by atoms with Crippen LogP contribution in [0.15, 0.2) is 235 Å². The standard InChI is InChI=1S/C37H25NO.C16H16.C13H12/c1-24-9-7-10-27(21-24)29-14-8-16-36-37(29)32-23-26(18-20-35(32)39-36)25-17-19-34-31(22-25)30-13-5-6-15-33(30)38(34)28-11-3-2-4-12-28;1-11-8-9-13-12-6-4-5-7-14(12)16(2,3)15(13)10-11;1-11-7-9-13(10-8-11)12-5-3-2-4-6-12/h2-23H,1H3;4-10H,1-3H3;2-10H,1H3. The van der Waals surface area contributed by atoms with Gasteiger partial charge in [-0.15, -0.1) is 0 Å². The van der Waals surface area contributed by atoms with Crippen LogP contribution in [0.25, 0.3) is 93.9 Å². The van der Waals surface area contributed by atoms with Crippen molar-refractivity contribution in [1.82, 2.24) is 4.57 Å². The SMILES string of the molecule is Cc1ccc(-c2ccccc2)cc1.Cc1ccc2c(c1)C(C)(C)c1ccccc1-2.Cc1cccc(-c2cccc3oc4ccc(-c5ccc6c(c5)c5ccccc5n6-c5ccccc5)cc4c23)c1. The van der Waals surface area contributed by atoms with Gasteiger partial charge in [0.15, 0.2) is 0 Å². The number of aryl methyl sites for hydroxylation is 3. The monoisotopic (exact) mass is 875 g/mol. The van der Waals surface area contributed by atoms with Crippen LogP contribution in [0.4, 0.5) is 0 Å². The zero-order chi connectivity index (χ0) is 46.4. The van der Waals surface area contributed by atoms with Crippen LogP contribution in [-0.2, 0) is 5.41 Å². The Labute approximate surface area is 399 Å². The van der Waals surface area contributed by atoms with E-state index in [1.54, 1.807) is 0 Å². The number of furan rings is 1. The van der Waals surface area contributed by atoms with Gasteiger partial charge in [-0.3, -0.25) is 0 Å². The van der Waals surface area contributed by atoms with E-state index in [0.29, 0.717) is 0 Å². The lowest BCUT2D eigenvalue weighted by Gasteiger charge is -2.21. The fourth-order valence-corrected chi connectivity index (χ4v) is 10.3. The van der Waals surface area contributed by atoms with Crippen molar-refractivity contribution < 1.29 is 4.42 Å². The average Bonchev–Trinajstić information content (AvgIpc) is 4.00. The first-order valence-corrected chi connectivity index (χ1v) is 23.7. The van der Waals surface area contributed by atoms with Crippen molar-refractivity contribution >= 4 is 43.7 Å². The highest BCUT2D eigenvalue weighted by molar-refractivity contribution is 6.14. The van der Waals surface area contributed by atoms with Gasteiger partial charge in [0.25, 0.3) is 0 Å². The summed E-state index contributed by atoms with van der Waals surface area (Å²) >= 11 is 0. The molecule has 0 unspecified atom stereocenters. The van der Waals surface area contributed by atoms with E-state index in [1.165, 1.54) is 105 Å². The van der Waals surface area contributed by atoms with E-state index in [4.69, 9.17) is 4.42 Å². The van der Waals surface area contributed by atoms with Crippen molar-refractivity contribution in [2.45, 2.75) is 40.0 Å². The molecule has 0 saturated heterocycles. The van der Waals surface area contributed by atoms with Gasteiger partial charge in [-0.25, -0.2) is 0 Å². The van der Waals surface area contributed by atoms with Gasteiger partial charge in [-0.05, 0) is 125 Å². The minimum Gasteiger partial charge on any atom is -0.456 e. The summed E-state index contributed by atoms with van der Waals surface area (Å²) in [5.74, 6) is 0. The average molecular weight is 876 g/mol. The molecule has 0 spiro atoms. The molecule has 0 radical (unpaired) electrons. The molecule has 10 aromatic carbocycles. The summed E-state index contributed by atoms with van der Waals surface area (Å²) in [7, 11) is 0. The number of rotatable bonds is 4. The molecule has 13 rings (SSSR count). The molecule has 1 aliphatic carbocycles. The Bertz CT molecular complexity index is 3780. The summed E-state index contributed by atoms with van der Waals surface area (Å²) in [5, 5.41) is 4.83. The molecule has 0 aliphatic heterocycles. The van der Waals surface area contributed by atoms with E-state index < -0.39 is 0 Å². The van der Waals surface area contributed by atoms with Gasteiger partial charge in [0.1, 0.15) is 11.2 Å². The summed E-state index contributed by atoms with van der Waals surface area (Å²) in [5.41, 5.74) is 22.6. The Morgan fingerprint density at radius 3 is 1.71 bits per heavy atom. The molecule has 1 aliphatic rings. The number of para-hydroxylation sites is 2. The Kier molecular flexibility index (Phi) is 11.0. The third kappa shape index (κ3) is 7.78. The van der Waals surface area contributed by atoms with Gasteiger partial charge >= 0.3 is 0 Å². The Morgan fingerprint density at radius 2 is 0.912 bits per heavy atom. The number of aromatic nitrogens is 1. The summed E-state index contributed by atoms with van der Waals surface area (Å²) in [6.45, 7) is 11.0. The zero-order valence-corrected chi connectivity index (χ0v) is 39.3. The molecule has 0 amide bonds. The maximum atomic E-state index is 6.31. The lowest BCUT2D eigenvalue weighted by molar-refractivity contribution is 0.660. The van der Waals surface area contributed by atoms with E-state index in [9.17, 15) is 0 Å². The first-order chi connectivity index (χ1) is 33.2. The summed E-state index contributed by atoms with van der Waals surface area (Å²) in [4.78, 5) is 0. The number of nitrogens with zero attached hydrogens (tertiary/aromatic N) is 1. The molecular formula is C66H53NO. The number of hydrogen-bond acceptors (Lipinski definition) is 1. The minimum absolute atomic E-state index is 0.151. The number of benzene rings is 10. The van der Waals surface area contributed by atoms with E-state index in [-0.39, 0.29) is 5.41 Å². The molecule has 68 heavy (non-hydrogen) atoms. The molecule has 328 valence electrons. The topological polar surface area (TPSA) is 18.1 Å². The Balaban J connectivity index is 0.000000142. The predicted octanol–water partition coefficient (Wildman–Crippen LogP) is 18.3. The summed E-state index contributed by atoms with van der Waals surface area (Å²) < 4.78 is 8.67. The Morgan fingerprint density at radius 1 is 0.338 bits per heavy atom. The van der Waals surface area contributed by atoms with E-state index in [2.05, 4.69) is 264 Å². The second-order valence-corrected chi connectivity index (χ2v) is 18.7. The van der Waals surface area contributed by atoms with E-state index >= 15 is 0 Å². The number of hydrogen-bond donors (Lipinski definition) is 0. The molecule has 0 saturated carbocycles. The largest absolute Gasteiger partial charge is 0.456 e. The van der Waals surface area contributed by atoms with Gasteiger partial charge in [-0.1, -0.05) is 213 Å². The number of fused-ring (bicyclic) bond motifs is 9. The highest BCUT2D eigenvalue weighted by atomic mass is 16.3. The first-order valence-electron chi connectivity index (χ1n) is 23.7. The molecule has 2 nitrogen and oxygen atoms in total. The van der Waals surface area contributed by atoms with Crippen LogP contribution in [0.3, 0.4) is 0 Å². The molecule has 2 heteroatoms. The van der Waals surface area contributed by atoms with Gasteiger partial charge in [0.2, 0.25) is 0 Å². The van der Waals surface area contributed by atoms with Gasteiger partial charge in [-0.2, -0.15) is 0 Å². The second-order valence-electron chi connectivity index (χ2n) is 18.7. The molecule has 12 aromatic rings. The summed E-state index contributed by atoms with van der Waals surface area (Å²) in [6.07, 6.45) is 0. The van der Waals surface area contributed by atoms with Crippen LogP contribution in [0.1, 0.15) is 41.7 Å². The van der Waals surface area contributed by atoms with Crippen LogP contribution < -0.4 is 0 Å². The van der Waals surface area contributed by atoms with Crippen molar-refractivity contribution in [2.24, 2.45) is 0 Å². The van der Waals surface area contributed by atoms with Crippen LogP contribution >= 0.6 is 0 Å². The quantitative estimate of drug-likeness (QED) is 0.172.